The molecule has 0 bridgehead atoms. The van der Waals surface area contributed by atoms with Crippen LogP contribution in [0, 0.1) is 5.41 Å². The first-order valence-electron chi connectivity index (χ1n) is 5.99. The van der Waals surface area contributed by atoms with Gasteiger partial charge in [0.05, 0.1) is 0 Å². The number of nitrogens with one attached hydrogen (secondary N) is 1. The zero-order valence-electron chi connectivity index (χ0n) is 10.0. The lowest BCUT2D eigenvalue weighted by Gasteiger charge is -2.23. The first-order chi connectivity index (χ1) is 8.11. The SMILES string of the molecule is CC1(CNC(=O)c2ncccc2Br)CCCC1. The monoisotopic (exact) mass is 296 g/mol. The van der Waals surface area contributed by atoms with Crippen molar-refractivity contribution in [1.82, 2.24) is 10.3 Å². The molecule has 17 heavy (non-hydrogen) atoms. The molecule has 1 saturated carbocycles. The molecule has 0 aliphatic heterocycles. The van der Waals surface area contributed by atoms with Gasteiger partial charge >= 0.3 is 0 Å². The number of carbonyl (C=O) groups is 1. The van der Waals surface area contributed by atoms with Gasteiger partial charge in [-0.3, -0.25) is 4.79 Å². The Morgan fingerprint density at radius 1 is 1.53 bits per heavy atom. The van der Waals surface area contributed by atoms with Gasteiger partial charge in [0.2, 0.25) is 0 Å². The topological polar surface area (TPSA) is 42.0 Å². The highest BCUT2D eigenvalue weighted by atomic mass is 79.9. The van der Waals surface area contributed by atoms with Gasteiger partial charge in [-0.1, -0.05) is 19.8 Å². The van der Waals surface area contributed by atoms with Gasteiger partial charge < -0.3 is 5.32 Å². The molecule has 1 aromatic rings. The van der Waals surface area contributed by atoms with Crippen molar-refractivity contribution in [1.29, 1.82) is 0 Å². The number of amides is 1. The molecule has 4 heteroatoms. The maximum absolute atomic E-state index is 12.0. The van der Waals surface area contributed by atoms with Gasteiger partial charge in [0, 0.05) is 17.2 Å². The summed E-state index contributed by atoms with van der Waals surface area (Å²) >= 11 is 3.34. The summed E-state index contributed by atoms with van der Waals surface area (Å²) < 4.78 is 0.745. The van der Waals surface area contributed by atoms with Crippen LogP contribution in [0.4, 0.5) is 0 Å². The zero-order chi connectivity index (χ0) is 12.3. The van der Waals surface area contributed by atoms with E-state index < -0.39 is 0 Å². The standard InChI is InChI=1S/C13H17BrN2O/c1-13(6-2-3-7-13)9-16-12(17)11-10(14)5-4-8-15-11/h4-5,8H,2-3,6-7,9H2,1H3,(H,16,17). The van der Waals surface area contributed by atoms with Crippen LogP contribution in [-0.4, -0.2) is 17.4 Å². The second-order valence-electron chi connectivity index (χ2n) is 5.03. The van der Waals surface area contributed by atoms with Gasteiger partial charge in [0.25, 0.3) is 5.91 Å². The smallest absolute Gasteiger partial charge is 0.271 e. The molecular formula is C13H17BrN2O. The van der Waals surface area contributed by atoms with Gasteiger partial charge in [-0.15, -0.1) is 0 Å². The lowest BCUT2D eigenvalue weighted by atomic mass is 9.89. The molecular weight excluding hydrogens is 280 g/mol. The van der Waals surface area contributed by atoms with Crippen molar-refractivity contribution < 1.29 is 4.79 Å². The van der Waals surface area contributed by atoms with E-state index in [0.717, 1.165) is 11.0 Å². The van der Waals surface area contributed by atoms with Crippen LogP contribution in [0.3, 0.4) is 0 Å². The Morgan fingerprint density at radius 2 is 2.24 bits per heavy atom. The Labute approximate surface area is 110 Å². The fourth-order valence-electron chi connectivity index (χ4n) is 2.34. The van der Waals surface area contributed by atoms with Crippen molar-refractivity contribution in [2.75, 3.05) is 6.54 Å². The van der Waals surface area contributed by atoms with Crippen LogP contribution in [0.1, 0.15) is 43.1 Å². The van der Waals surface area contributed by atoms with Crippen LogP contribution >= 0.6 is 15.9 Å². The van der Waals surface area contributed by atoms with Crippen molar-refractivity contribution in [3.05, 3.63) is 28.5 Å². The predicted molar refractivity (Wildman–Crippen MR) is 70.8 cm³/mol. The second kappa shape index (κ2) is 5.17. The summed E-state index contributed by atoms with van der Waals surface area (Å²) in [5.74, 6) is -0.0920. The summed E-state index contributed by atoms with van der Waals surface area (Å²) in [6.07, 6.45) is 6.60. The van der Waals surface area contributed by atoms with Crippen molar-refractivity contribution in [2.45, 2.75) is 32.6 Å². The molecule has 1 heterocycles. The molecule has 1 aliphatic rings. The zero-order valence-corrected chi connectivity index (χ0v) is 11.6. The van der Waals surface area contributed by atoms with Gasteiger partial charge in [-0.25, -0.2) is 4.98 Å². The van der Waals surface area contributed by atoms with E-state index in [1.165, 1.54) is 25.7 Å². The van der Waals surface area contributed by atoms with Crippen LogP contribution in [0.25, 0.3) is 0 Å². The molecule has 1 fully saturated rings. The van der Waals surface area contributed by atoms with Crippen LogP contribution in [-0.2, 0) is 0 Å². The van der Waals surface area contributed by atoms with E-state index in [0.29, 0.717) is 5.69 Å². The molecule has 0 saturated heterocycles. The molecule has 1 N–H and O–H groups in total. The highest BCUT2D eigenvalue weighted by molar-refractivity contribution is 9.10. The van der Waals surface area contributed by atoms with Gasteiger partial charge in [-0.2, -0.15) is 0 Å². The minimum atomic E-state index is -0.0920. The number of hydrogen-bond acceptors (Lipinski definition) is 2. The van der Waals surface area contributed by atoms with E-state index in [2.05, 4.69) is 33.2 Å². The Kier molecular flexibility index (Phi) is 3.82. The van der Waals surface area contributed by atoms with Gasteiger partial charge in [0.15, 0.2) is 0 Å². The maximum Gasteiger partial charge on any atom is 0.271 e. The third-order valence-electron chi connectivity index (χ3n) is 3.46. The van der Waals surface area contributed by atoms with Crippen LogP contribution < -0.4 is 5.32 Å². The molecule has 0 atom stereocenters. The molecule has 1 amide bonds. The Morgan fingerprint density at radius 3 is 2.88 bits per heavy atom. The van der Waals surface area contributed by atoms with Crippen LogP contribution in [0.15, 0.2) is 22.8 Å². The number of carbonyl (C=O) groups excluding carboxylic acids is 1. The fourth-order valence-corrected chi connectivity index (χ4v) is 2.77. The summed E-state index contributed by atoms with van der Waals surface area (Å²) in [6, 6.07) is 3.64. The fraction of sp³-hybridized carbons (Fsp3) is 0.538. The van der Waals surface area contributed by atoms with Crippen molar-refractivity contribution >= 4 is 21.8 Å². The Balaban J connectivity index is 1.96. The first kappa shape index (κ1) is 12.6. The van der Waals surface area contributed by atoms with E-state index in [-0.39, 0.29) is 11.3 Å². The molecule has 2 rings (SSSR count). The Bertz CT molecular complexity index is 414. The average Bonchev–Trinajstić information content (AvgIpc) is 2.74. The number of rotatable bonds is 3. The minimum absolute atomic E-state index is 0.0920. The maximum atomic E-state index is 12.0. The molecule has 3 nitrogen and oxygen atoms in total. The molecule has 0 unspecified atom stereocenters. The summed E-state index contributed by atoms with van der Waals surface area (Å²) in [7, 11) is 0. The van der Waals surface area contributed by atoms with Gasteiger partial charge in [0.1, 0.15) is 5.69 Å². The van der Waals surface area contributed by atoms with Gasteiger partial charge in [-0.05, 0) is 46.3 Å². The Hall–Kier alpha value is -0.900. The van der Waals surface area contributed by atoms with Crippen LogP contribution in [0.2, 0.25) is 0 Å². The van der Waals surface area contributed by atoms with Crippen LogP contribution in [0.5, 0.6) is 0 Å². The van der Waals surface area contributed by atoms with Crippen molar-refractivity contribution in [3.63, 3.8) is 0 Å². The summed E-state index contributed by atoms with van der Waals surface area (Å²) in [5, 5.41) is 2.99. The summed E-state index contributed by atoms with van der Waals surface area (Å²) in [6.45, 7) is 2.99. The number of nitrogens with zero attached hydrogens (tertiary/aromatic N) is 1. The lowest BCUT2D eigenvalue weighted by molar-refractivity contribution is 0.0928. The van der Waals surface area contributed by atoms with E-state index in [4.69, 9.17) is 0 Å². The summed E-state index contributed by atoms with van der Waals surface area (Å²) in [4.78, 5) is 16.0. The molecule has 1 aromatic heterocycles. The van der Waals surface area contributed by atoms with Crippen molar-refractivity contribution in [3.8, 4) is 0 Å². The van der Waals surface area contributed by atoms with Crippen molar-refractivity contribution in [2.24, 2.45) is 5.41 Å². The van der Waals surface area contributed by atoms with E-state index in [1.807, 2.05) is 6.07 Å². The number of halogens is 1. The minimum Gasteiger partial charge on any atom is -0.350 e. The van der Waals surface area contributed by atoms with E-state index in [1.54, 1.807) is 12.3 Å². The lowest BCUT2D eigenvalue weighted by Crippen LogP contribution is -2.34. The quantitative estimate of drug-likeness (QED) is 0.931. The molecule has 92 valence electrons. The number of hydrogen-bond donors (Lipinski definition) is 1. The molecule has 0 spiro atoms. The third-order valence-corrected chi connectivity index (χ3v) is 4.10. The first-order valence-corrected chi connectivity index (χ1v) is 6.79. The summed E-state index contributed by atoms with van der Waals surface area (Å²) in [5.41, 5.74) is 0.741. The molecule has 1 aliphatic carbocycles. The number of aromatic nitrogens is 1. The van der Waals surface area contributed by atoms with E-state index in [9.17, 15) is 4.79 Å². The number of pyridine rings is 1. The highest BCUT2D eigenvalue weighted by Gasteiger charge is 2.29. The molecule has 0 aromatic carbocycles. The third kappa shape index (κ3) is 3.06. The highest BCUT2D eigenvalue weighted by Crippen LogP contribution is 2.36. The predicted octanol–water partition coefficient (Wildman–Crippen LogP) is 3.15. The normalized spacial score (nSPS) is 18.0. The second-order valence-corrected chi connectivity index (χ2v) is 5.89. The largest absolute Gasteiger partial charge is 0.350 e. The average molecular weight is 297 g/mol. The molecule has 0 radical (unpaired) electrons. The van der Waals surface area contributed by atoms with E-state index >= 15 is 0 Å².